The Labute approximate surface area is 112 Å². The number of halogens is 1. The zero-order chi connectivity index (χ0) is 13.8. The van der Waals surface area contributed by atoms with Crippen molar-refractivity contribution in [3.63, 3.8) is 0 Å². The number of methoxy groups -OCH3 is 1. The first-order chi connectivity index (χ1) is 8.46. The Balaban J connectivity index is 2.88. The average Bonchev–Trinajstić information content (AvgIpc) is 2.39. The Bertz CT molecular complexity index is 431. The van der Waals surface area contributed by atoms with Crippen molar-refractivity contribution < 1.29 is 9.53 Å². The van der Waals surface area contributed by atoms with Gasteiger partial charge in [0.2, 0.25) is 5.91 Å². The van der Waals surface area contributed by atoms with Gasteiger partial charge < -0.3 is 15.8 Å². The van der Waals surface area contributed by atoms with E-state index in [2.05, 4.69) is 5.32 Å². The van der Waals surface area contributed by atoms with Crippen LogP contribution in [0.4, 0.5) is 5.69 Å². The number of ether oxygens (including phenoxy) is 1. The van der Waals surface area contributed by atoms with E-state index in [1.54, 1.807) is 18.2 Å². The van der Waals surface area contributed by atoms with E-state index < -0.39 is 5.54 Å². The molecule has 0 heterocycles. The van der Waals surface area contributed by atoms with Crippen LogP contribution in [0.2, 0.25) is 5.02 Å². The van der Waals surface area contributed by atoms with E-state index in [1.807, 2.05) is 13.8 Å². The van der Waals surface area contributed by atoms with E-state index in [4.69, 9.17) is 22.1 Å². The molecule has 0 unspecified atom stereocenters. The maximum atomic E-state index is 12.1. The highest BCUT2D eigenvalue weighted by atomic mass is 35.5. The Kier molecular flexibility index (Phi) is 4.99. The second-order valence-electron chi connectivity index (χ2n) is 4.17. The summed E-state index contributed by atoms with van der Waals surface area (Å²) in [5, 5.41) is 3.28. The quantitative estimate of drug-likeness (QED) is 0.865. The fraction of sp³-hybridized carbons (Fsp3) is 0.462. The number of rotatable bonds is 5. The topological polar surface area (TPSA) is 64.4 Å². The largest absolute Gasteiger partial charge is 0.495 e. The van der Waals surface area contributed by atoms with Crippen molar-refractivity contribution in [3.8, 4) is 5.75 Å². The fourth-order valence-electron chi connectivity index (χ4n) is 1.56. The molecule has 3 N–H and O–H groups in total. The Hall–Kier alpha value is -1.26. The molecule has 0 aliphatic carbocycles. The van der Waals surface area contributed by atoms with Crippen LogP contribution in [0.25, 0.3) is 0 Å². The van der Waals surface area contributed by atoms with Gasteiger partial charge in [0.15, 0.2) is 0 Å². The third-order valence-corrected chi connectivity index (χ3v) is 3.44. The van der Waals surface area contributed by atoms with Crippen LogP contribution in [0, 0.1) is 0 Å². The Morgan fingerprint density at radius 2 is 2.06 bits per heavy atom. The molecule has 0 radical (unpaired) electrons. The van der Waals surface area contributed by atoms with Crippen LogP contribution in [0.5, 0.6) is 5.75 Å². The minimum absolute atomic E-state index is 0.197. The third kappa shape index (κ3) is 3.15. The predicted molar refractivity (Wildman–Crippen MR) is 74.1 cm³/mol. The molecule has 100 valence electrons. The summed E-state index contributed by atoms with van der Waals surface area (Å²) >= 11 is 5.91. The van der Waals surface area contributed by atoms with Gasteiger partial charge in [-0.25, -0.2) is 0 Å². The van der Waals surface area contributed by atoms with E-state index in [0.29, 0.717) is 29.3 Å². The van der Waals surface area contributed by atoms with Crippen LogP contribution in [0.15, 0.2) is 18.2 Å². The first-order valence-corrected chi connectivity index (χ1v) is 6.28. The average molecular weight is 271 g/mol. The van der Waals surface area contributed by atoms with Gasteiger partial charge in [0.1, 0.15) is 5.75 Å². The van der Waals surface area contributed by atoms with E-state index in [9.17, 15) is 4.79 Å². The number of nitrogens with two attached hydrogens (primary N) is 1. The maximum absolute atomic E-state index is 12.1. The molecule has 0 saturated carbocycles. The van der Waals surface area contributed by atoms with Crippen molar-refractivity contribution in [2.75, 3.05) is 12.4 Å². The van der Waals surface area contributed by atoms with Crippen LogP contribution >= 0.6 is 11.6 Å². The van der Waals surface area contributed by atoms with Gasteiger partial charge in [-0.3, -0.25) is 4.79 Å². The van der Waals surface area contributed by atoms with Gasteiger partial charge in [-0.15, -0.1) is 0 Å². The van der Waals surface area contributed by atoms with E-state index in [0.717, 1.165) is 0 Å². The lowest BCUT2D eigenvalue weighted by atomic mass is 9.93. The molecule has 1 rings (SSSR count). The van der Waals surface area contributed by atoms with E-state index in [1.165, 1.54) is 7.11 Å². The lowest BCUT2D eigenvalue weighted by Gasteiger charge is -2.25. The second kappa shape index (κ2) is 6.07. The predicted octanol–water partition coefficient (Wildman–Crippen LogP) is 2.80. The smallest absolute Gasteiger partial charge is 0.244 e. The standard InChI is InChI=1S/C13H19ClN2O2/c1-4-13(15,5-2)12(17)16-9-6-7-10(14)11(8-9)18-3/h6-8H,4-5,15H2,1-3H3,(H,16,17). The second-order valence-corrected chi connectivity index (χ2v) is 4.57. The zero-order valence-corrected chi connectivity index (χ0v) is 11.7. The Morgan fingerprint density at radius 1 is 1.44 bits per heavy atom. The highest BCUT2D eigenvalue weighted by Gasteiger charge is 2.29. The van der Waals surface area contributed by atoms with Crippen LogP contribution in [-0.2, 0) is 4.79 Å². The molecule has 0 aliphatic heterocycles. The summed E-state index contributed by atoms with van der Waals surface area (Å²) in [5.74, 6) is 0.321. The first-order valence-electron chi connectivity index (χ1n) is 5.90. The molecule has 0 fully saturated rings. The van der Waals surface area contributed by atoms with Crippen LogP contribution < -0.4 is 15.8 Å². The van der Waals surface area contributed by atoms with Crippen molar-refractivity contribution in [1.29, 1.82) is 0 Å². The monoisotopic (exact) mass is 270 g/mol. The number of anilines is 1. The number of hydrogen-bond acceptors (Lipinski definition) is 3. The summed E-state index contributed by atoms with van der Waals surface area (Å²) in [4.78, 5) is 12.1. The van der Waals surface area contributed by atoms with Crippen LogP contribution in [0.3, 0.4) is 0 Å². The lowest BCUT2D eigenvalue weighted by Crippen LogP contribution is -2.50. The summed E-state index contributed by atoms with van der Waals surface area (Å²) in [6.07, 6.45) is 1.17. The number of benzene rings is 1. The molecule has 1 aromatic carbocycles. The zero-order valence-electron chi connectivity index (χ0n) is 10.9. The minimum atomic E-state index is -0.840. The lowest BCUT2D eigenvalue weighted by molar-refractivity contribution is -0.121. The van der Waals surface area contributed by atoms with E-state index >= 15 is 0 Å². The number of amides is 1. The van der Waals surface area contributed by atoms with Crippen LogP contribution in [-0.4, -0.2) is 18.6 Å². The normalized spacial score (nSPS) is 11.2. The molecule has 1 aromatic rings. The van der Waals surface area contributed by atoms with Crippen LogP contribution in [0.1, 0.15) is 26.7 Å². The van der Waals surface area contributed by atoms with Crippen molar-refractivity contribution in [3.05, 3.63) is 23.2 Å². The molecule has 1 amide bonds. The van der Waals surface area contributed by atoms with Crippen molar-refractivity contribution in [1.82, 2.24) is 0 Å². The van der Waals surface area contributed by atoms with Crippen molar-refractivity contribution in [2.24, 2.45) is 5.73 Å². The molecular weight excluding hydrogens is 252 g/mol. The summed E-state index contributed by atoms with van der Waals surface area (Å²) in [6, 6.07) is 5.06. The molecule has 0 spiro atoms. The van der Waals surface area contributed by atoms with Gasteiger partial charge in [-0.1, -0.05) is 25.4 Å². The number of nitrogens with one attached hydrogen (secondary N) is 1. The summed E-state index contributed by atoms with van der Waals surface area (Å²) in [6.45, 7) is 3.79. The highest BCUT2D eigenvalue weighted by Crippen LogP contribution is 2.28. The van der Waals surface area contributed by atoms with Gasteiger partial charge in [-0.05, 0) is 25.0 Å². The fourth-order valence-corrected chi connectivity index (χ4v) is 1.76. The Morgan fingerprint density at radius 3 is 2.56 bits per heavy atom. The summed E-state index contributed by atoms with van der Waals surface area (Å²) < 4.78 is 5.09. The van der Waals surface area contributed by atoms with Crippen molar-refractivity contribution in [2.45, 2.75) is 32.2 Å². The molecule has 4 nitrogen and oxygen atoms in total. The van der Waals surface area contributed by atoms with Gasteiger partial charge in [0.05, 0.1) is 17.7 Å². The van der Waals surface area contributed by atoms with Gasteiger partial charge in [0.25, 0.3) is 0 Å². The van der Waals surface area contributed by atoms with Crippen molar-refractivity contribution >= 4 is 23.2 Å². The highest BCUT2D eigenvalue weighted by molar-refractivity contribution is 6.32. The maximum Gasteiger partial charge on any atom is 0.244 e. The molecule has 18 heavy (non-hydrogen) atoms. The van der Waals surface area contributed by atoms with Gasteiger partial charge in [-0.2, -0.15) is 0 Å². The first kappa shape index (κ1) is 14.8. The third-order valence-electron chi connectivity index (χ3n) is 3.12. The summed E-state index contributed by atoms with van der Waals surface area (Å²) in [7, 11) is 1.53. The molecule has 0 aromatic heterocycles. The SMILES string of the molecule is CCC(N)(CC)C(=O)Nc1ccc(Cl)c(OC)c1. The molecule has 0 bridgehead atoms. The molecule has 0 saturated heterocycles. The van der Waals surface area contributed by atoms with E-state index in [-0.39, 0.29) is 5.91 Å². The molecule has 0 aliphatic rings. The number of hydrogen-bond donors (Lipinski definition) is 2. The number of carbonyl (C=O) groups is 1. The summed E-state index contributed by atoms with van der Waals surface area (Å²) in [5.41, 5.74) is 5.80. The molecule has 5 heteroatoms. The number of carbonyl (C=O) groups excluding carboxylic acids is 1. The van der Waals surface area contributed by atoms with Gasteiger partial charge in [0, 0.05) is 11.8 Å². The minimum Gasteiger partial charge on any atom is -0.495 e. The molecule has 0 atom stereocenters. The van der Waals surface area contributed by atoms with Gasteiger partial charge >= 0.3 is 0 Å². The molecular formula is C13H19ClN2O2.